The fraction of sp³-hybridized carbons (Fsp3) is 0.600. The predicted octanol–water partition coefficient (Wildman–Crippen LogP) is 1.25. The van der Waals surface area contributed by atoms with Crippen LogP contribution in [0.4, 0.5) is 4.39 Å². The summed E-state index contributed by atoms with van der Waals surface area (Å²) in [6.45, 7) is 4.32. The number of nitrogens with zero attached hydrogens (tertiary/aromatic N) is 1. The van der Waals surface area contributed by atoms with Gasteiger partial charge in [-0.2, -0.15) is 0 Å². The molecule has 0 radical (unpaired) electrons. The minimum Gasteiger partial charge on any atom is -0.395 e. The van der Waals surface area contributed by atoms with Crippen LogP contribution in [-0.2, 0) is 4.74 Å². The third-order valence-electron chi connectivity index (χ3n) is 3.83. The molecule has 20 heavy (non-hydrogen) atoms. The average molecular weight is 283 g/mol. The number of ether oxygens (including phenoxy) is 1. The molecule has 2 rings (SSSR count). The molecule has 0 saturated carbocycles. The second kappa shape index (κ2) is 7.13. The second-order valence-corrected chi connectivity index (χ2v) is 5.26. The quantitative estimate of drug-likeness (QED) is 0.854. The molecule has 1 aromatic rings. The van der Waals surface area contributed by atoms with Crippen molar-refractivity contribution in [3.05, 3.63) is 35.1 Å². The Hall–Kier alpha value is -1.01. The first-order valence-corrected chi connectivity index (χ1v) is 6.98. The number of aliphatic hydroxyl groups excluding tert-OH is 2. The summed E-state index contributed by atoms with van der Waals surface area (Å²) in [4.78, 5) is 2.11. The summed E-state index contributed by atoms with van der Waals surface area (Å²) in [5.74, 6) is -0.291. The highest BCUT2D eigenvalue weighted by molar-refractivity contribution is 5.24. The number of hydrogen-bond acceptors (Lipinski definition) is 4. The summed E-state index contributed by atoms with van der Waals surface area (Å²) in [5, 5.41) is 19.4. The lowest BCUT2D eigenvalue weighted by atomic mass is 10.0. The predicted molar refractivity (Wildman–Crippen MR) is 74.0 cm³/mol. The standard InChI is InChI=1S/C15H22FNO3/c1-11-2-3-12(8-14(11)16)15(19)4-5-17-6-7-20-10-13(17)9-18/h2-3,8,13,15,18-19H,4-7,9-10H2,1H3. The SMILES string of the molecule is Cc1ccc(C(O)CCN2CCOCC2CO)cc1F. The maximum atomic E-state index is 13.5. The van der Waals surface area contributed by atoms with Crippen LogP contribution in [0.25, 0.3) is 0 Å². The molecule has 1 fully saturated rings. The zero-order valence-electron chi connectivity index (χ0n) is 11.8. The third-order valence-corrected chi connectivity index (χ3v) is 3.83. The van der Waals surface area contributed by atoms with E-state index < -0.39 is 6.10 Å². The third kappa shape index (κ3) is 3.76. The van der Waals surface area contributed by atoms with Crippen molar-refractivity contribution in [1.82, 2.24) is 4.90 Å². The van der Waals surface area contributed by atoms with Crippen molar-refractivity contribution in [2.45, 2.75) is 25.5 Å². The smallest absolute Gasteiger partial charge is 0.126 e. The molecule has 0 aromatic heterocycles. The first-order chi connectivity index (χ1) is 9.61. The van der Waals surface area contributed by atoms with Gasteiger partial charge in [-0.05, 0) is 30.5 Å². The maximum absolute atomic E-state index is 13.5. The van der Waals surface area contributed by atoms with Crippen LogP contribution in [0.1, 0.15) is 23.7 Å². The van der Waals surface area contributed by atoms with E-state index in [-0.39, 0.29) is 18.5 Å². The van der Waals surface area contributed by atoms with Gasteiger partial charge in [0.25, 0.3) is 0 Å². The monoisotopic (exact) mass is 283 g/mol. The van der Waals surface area contributed by atoms with Gasteiger partial charge < -0.3 is 14.9 Å². The molecule has 2 N–H and O–H groups in total. The first kappa shape index (κ1) is 15.4. The van der Waals surface area contributed by atoms with Crippen molar-refractivity contribution >= 4 is 0 Å². The summed E-state index contributed by atoms with van der Waals surface area (Å²) >= 11 is 0. The van der Waals surface area contributed by atoms with Crippen LogP contribution >= 0.6 is 0 Å². The molecule has 1 aliphatic rings. The highest BCUT2D eigenvalue weighted by Crippen LogP contribution is 2.20. The van der Waals surface area contributed by atoms with Crippen LogP contribution in [0, 0.1) is 12.7 Å². The first-order valence-electron chi connectivity index (χ1n) is 6.98. The van der Waals surface area contributed by atoms with Crippen LogP contribution < -0.4 is 0 Å². The fourth-order valence-electron chi connectivity index (χ4n) is 2.42. The van der Waals surface area contributed by atoms with E-state index in [4.69, 9.17) is 4.74 Å². The highest BCUT2D eigenvalue weighted by atomic mass is 19.1. The van der Waals surface area contributed by atoms with Gasteiger partial charge in [0.2, 0.25) is 0 Å². The van der Waals surface area contributed by atoms with Crippen molar-refractivity contribution < 1.29 is 19.3 Å². The molecule has 0 amide bonds. The molecule has 2 atom stereocenters. The highest BCUT2D eigenvalue weighted by Gasteiger charge is 2.22. The topological polar surface area (TPSA) is 52.9 Å². The molecule has 2 unspecified atom stereocenters. The van der Waals surface area contributed by atoms with Gasteiger partial charge in [-0.25, -0.2) is 4.39 Å². The second-order valence-electron chi connectivity index (χ2n) is 5.26. The van der Waals surface area contributed by atoms with Gasteiger partial charge in [-0.3, -0.25) is 4.90 Å². The van der Waals surface area contributed by atoms with E-state index in [1.54, 1.807) is 19.1 Å². The molecule has 1 saturated heterocycles. The summed E-state index contributed by atoms with van der Waals surface area (Å²) in [6.07, 6.45) is -0.175. The minimum atomic E-state index is -0.688. The van der Waals surface area contributed by atoms with Gasteiger partial charge in [0.15, 0.2) is 0 Å². The Bertz CT molecular complexity index is 441. The van der Waals surface area contributed by atoms with E-state index in [0.717, 1.165) is 6.54 Å². The Morgan fingerprint density at radius 1 is 1.50 bits per heavy atom. The van der Waals surface area contributed by atoms with E-state index in [2.05, 4.69) is 4.90 Å². The van der Waals surface area contributed by atoms with Crippen LogP contribution in [-0.4, -0.2) is 54.1 Å². The summed E-state index contributed by atoms with van der Waals surface area (Å²) in [5.41, 5.74) is 1.18. The van der Waals surface area contributed by atoms with E-state index in [1.165, 1.54) is 6.07 Å². The zero-order valence-corrected chi connectivity index (χ0v) is 11.8. The van der Waals surface area contributed by atoms with Gasteiger partial charge in [0, 0.05) is 13.1 Å². The molecule has 1 heterocycles. The Balaban J connectivity index is 1.90. The van der Waals surface area contributed by atoms with Gasteiger partial charge in [-0.15, -0.1) is 0 Å². The van der Waals surface area contributed by atoms with Gasteiger partial charge in [0.1, 0.15) is 5.82 Å². The molecule has 1 aliphatic heterocycles. The Labute approximate surface area is 118 Å². The van der Waals surface area contributed by atoms with Crippen LogP contribution in [0.3, 0.4) is 0 Å². The summed E-state index contributed by atoms with van der Waals surface area (Å²) < 4.78 is 18.8. The number of hydrogen-bond donors (Lipinski definition) is 2. The lowest BCUT2D eigenvalue weighted by Crippen LogP contribution is -2.48. The lowest BCUT2D eigenvalue weighted by Gasteiger charge is -2.34. The van der Waals surface area contributed by atoms with Crippen LogP contribution in [0.2, 0.25) is 0 Å². The summed E-state index contributed by atoms with van der Waals surface area (Å²) in [6, 6.07) is 4.82. The molecule has 1 aromatic carbocycles. The van der Waals surface area contributed by atoms with Crippen LogP contribution in [0.15, 0.2) is 18.2 Å². The largest absolute Gasteiger partial charge is 0.395 e. The minimum absolute atomic E-state index is 0.00861. The van der Waals surface area contributed by atoms with Crippen molar-refractivity contribution in [2.24, 2.45) is 0 Å². The molecule has 4 nitrogen and oxygen atoms in total. The Morgan fingerprint density at radius 3 is 3.00 bits per heavy atom. The number of aliphatic hydroxyl groups is 2. The van der Waals surface area contributed by atoms with Gasteiger partial charge >= 0.3 is 0 Å². The molecule has 5 heteroatoms. The van der Waals surface area contributed by atoms with E-state index in [1.807, 2.05) is 0 Å². The summed E-state index contributed by atoms with van der Waals surface area (Å²) in [7, 11) is 0. The van der Waals surface area contributed by atoms with Crippen LogP contribution in [0.5, 0.6) is 0 Å². The molecule has 0 spiro atoms. The van der Waals surface area contributed by atoms with Crippen molar-refractivity contribution in [3.8, 4) is 0 Å². The van der Waals surface area contributed by atoms with E-state index in [0.29, 0.717) is 37.3 Å². The molecule has 112 valence electrons. The Morgan fingerprint density at radius 2 is 2.30 bits per heavy atom. The van der Waals surface area contributed by atoms with Crippen molar-refractivity contribution in [3.63, 3.8) is 0 Å². The van der Waals surface area contributed by atoms with Gasteiger partial charge in [0.05, 0.1) is 32.0 Å². The molecule has 0 aliphatic carbocycles. The molecule has 0 bridgehead atoms. The number of morpholine rings is 1. The van der Waals surface area contributed by atoms with Crippen molar-refractivity contribution in [1.29, 1.82) is 0 Å². The lowest BCUT2D eigenvalue weighted by molar-refractivity contribution is -0.0321. The number of benzene rings is 1. The molecular weight excluding hydrogens is 261 g/mol. The van der Waals surface area contributed by atoms with E-state index in [9.17, 15) is 14.6 Å². The number of rotatable bonds is 5. The van der Waals surface area contributed by atoms with E-state index >= 15 is 0 Å². The van der Waals surface area contributed by atoms with Crippen molar-refractivity contribution in [2.75, 3.05) is 32.9 Å². The zero-order chi connectivity index (χ0) is 14.5. The maximum Gasteiger partial charge on any atom is 0.126 e. The van der Waals surface area contributed by atoms with Gasteiger partial charge in [-0.1, -0.05) is 12.1 Å². The number of halogens is 1. The normalized spacial score (nSPS) is 21.9. The number of aryl methyl sites for hydroxylation is 1. The molecular formula is C15H22FNO3. The average Bonchev–Trinajstić information content (AvgIpc) is 2.47. The fourth-order valence-corrected chi connectivity index (χ4v) is 2.42. The Kier molecular flexibility index (Phi) is 5.48.